The molecule has 2 aromatic heterocycles. The monoisotopic (exact) mass is 238 g/mol. The summed E-state index contributed by atoms with van der Waals surface area (Å²) < 4.78 is 1.98. The lowest BCUT2D eigenvalue weighted by Gasteiger charge is -2.10. The largest absolute Gasteiger partial charge is 0.358 e. The molecule has 0 aliphatic heterocycles. The van der Waals surface area contributed by atoms with Crippen LogP contribution in [0.2, 0.25) is 0 Å². The van der Waals surface area contributed by atoms with E-state index in [-0.39, 0.29) is 11.9 Å². The molecule has 86 valence electrons. The van der Waals surface area contributed by atoms with Gasteiger partial charge < -0.3 is 10.6 Å². The normalized spacial score (nSPS) is 12.9. The van der Waals surface area contributed by atoms with E-state index in [0.717, 1.165) is 10.7 Å². The maximum Gasteiger partial charge on any atom is 0.236 e. The van der Waals surface area contributed by atoms with Gasteiger partial charge in [-0.3, -0.25) is 9.20 Å². The van der Waals surface area contributed by atoms with Crippen LogP contribution in [0, 0.1) is 0 Å². The number of imidazole rings is 1. The Morgan fingerprint density at radius 2 is 2.50 bits per heavy atom. The van der Waals surface area contributed by atoms with Crippen molar-refractivity contribution in [2.75, 3.05) is 7.05 Å². The quantitative estimate of drug-likeness (QED) is 0.821. The SMILES string of the molecule is CNC(=O)C(C)NCc1cn2ccsc2n1. The first-order chi connectivity index (χ1) is 7.70. The fraction of sp³-hybridized carbons (Fsp3) is 0.400. The lowest BCUT2D eigenvalue weighted by atomic mass is 10.3. The highest BCUT2D eigenvalue weighted by atomic mass is 32.1. The van der Waals surface area contributed by atoms with E-state index in [1.54, 1.807) is 18.4 Å². The maximum absolute atomic E-state index is 11.3. The molecule has 0 saturated heterocycles. The average Bonchev–Trinajstić information content (AvgIpc) is 2.84. The van der Waals surface area contributed by atoms with E-state index >= 15 is 0 Å². The van der Waals surface area contributed by atoms with E-state index in [9.17, 15) is 4.79 Å². The van der Waals surface area contributed by atoms with Crippen molar-refractivity contribution in [3.05, 3.63) is 23.5 Å². The number of fused-ring (bicyclic) bond motifs is 1. The predicted octanol–water partition coefficient (Wildman–Crippen LogP) is 0.620. The van der Waals surface area contributed by atoms with Crippen LogP contribution in [0.25, 0.3) is 4.96 Å². The van der Waals surface area contributed by atoms with Gasteiger partial charge in [-0.05, 0) is 6.92 Å². The van der Waals surface area contributed by atoms with Crippen LogP contribution in [0.4, 0.5) is 0 Å². The molecule has 1 unspecified atom stereocenters. The first-order valence-corrected chi connectivity index (χ1v) is 5.94. The second-order valence-electron chi connectivity index (χ2n) is 3.54. The van der Waals surface area contributed by atoms with Crippen molar-refractivity contribution in [1.29, 1.82) is 0 Å². The zero-order chi connectivity index (χ0) is 11.5. The number of rotatable bonds is 4. The smallest absolute Gasteiger partial charge is 0.236 e. The van der Waals surface area contributed by atoms with Gasteiger partial charge in [0.05, 0.1) is 11.7 Å². The Hall–Kier alpha value is -1.40. The number of carbonyl (C=O) groups excluding carboxylic acids is 1. The molecule has 0 bridgehead atoms. The number of amides is 1. The summed E-state index contributed by atoms with van der Waals surface area (Å²) in [6.45, 7) is 2.43. The van der Waals surface area contributed by atoms with Crippen molar-refractivity contribution in [3.8, 4) is 0 Å². The molecular formula is C10H14N4OS. The van der Waals surface area contributed by atoms with Gasteiger partial charge in [-0.25, -0.2) is 4.98 Å². The van der Waals surface area contributed by atoms with Crippen LogP contribution >= 0.6 is 11.3 Å². The highest BCUT2D eigenvalue weighted by Gasteiger charge is 2.10. The van der Waals surface area contributed by atoms with Crippen LogP contribution in [0.1, 0.15) is 12.6 Å². The van der Waals surface area contributed by atoms with Gasteiger partial charge in [-0.15, -0.1) is 11.3 Å². The first kappa shape index (κ1) is 11.1. The molecule has 2 heterocycles. The third kappa shape index (κ3) is 2.23. The second kappa shape index (κ2) is 4.63. The minimum Gasteiger partial charge on any atom is -0.358 e. The number of likely N-dealkylation sites (N-methyl/N-ethyl adjacent to an activating group) is 1. The molecule has 0 radical (unpaired) electrons. The lowest BCUT2D eigenvalue weighted by Crippen LogP contribution is -2.40. The van der Waals surface area contributed by atoms with Crippen LogP contribution in [0.15, 0.2) is 17.8 Å². The zero-order valence-corrected chi connectivity index (χ0v) is 10.0. The molecule has 0 aliphatic carbocycles. The molecule has 1 atom stereocenters. The number of thiazole rings is 1. The molecule has 0 saturated carbocycles. The molecule has 0 spiro atoms. The van der Waals surface area contributed by atoms with E-state index in [2.05, 4.69) is 15.6 Å². The van der Waals surface area contributed by atoms with Crippen LogP contribution in [-0.2, 0) is 11.3 Å². The highest BCUT2D eigenvalue weighted by molar-refractivity contribution is 7.15. The Labute approximate surface area is 97.5 Å². The summed E-state index contributed by atoms with van der Waals surface area (Å²) in [5.41, 5.74) is 0.947. The van der Waals surface area contributed by atoms with Gasteiger partial charge in [-0.1, -0.05) is 0 Å². The summed E-state index contributed by atoms with van der Waals surface area (Å²) in [5, 5.41) is 7.71. The Balaban J connectivity index is 1.95. The van der Waals surface area contributed by atoms with Crippen molar-refractivity contribution in [2.45, 2.75) is 19.5 Å². The lowest BCUT2D eigenvalue weighted by molar-refractivity contribution is -0.122. The molecule has 0 aliphatic rings. The summed E-state index contributed by atoms with van der Waals surface area (Å²) >= 11 is 1.60. The minimum absolute atomic E-state index is 0.0129. The van der Waals surface area contributed by atoms with E-state index in [1.807, 2.05) is 29.1 Å². The summed E-state index contributed by atoms with van der Waals surface area (Å²) in [4.78, 5) is 16.7. The third-order valence-electron chi connectivity index (χ3n) is 2.37. The topological polar surface area (TPSA) is 58.4 Å². The van der Waals surface area contributed by atoms with E-state index in [0.29, 0.717) is 6.54 Å². The Morgan fingerprint density at radius 1 is 1.69 bits per heavy atom. The van der Waals surface area contributed by atoms with Gasteiger partial charge in [0.2, 0.25) is 5.91 Å². The highest BCUT2D eigenvalue weighted by Crippen LogP contribution is 2.11. The second-order valence-corrected chi connectivity index (χ2v) is 4.41. The van der Waals surface area contributed by atoms with Crippen LogP contribution in [-0.4, -0.2) is 28.4 Å². The molecule has 2 N–H and O–H groups in total. The fourth-order valence-electron chi connectivity index (χ4n) is 1.43. The fourth-order valence-corrected chi connectivity index (χ4v) is 2.15. The number of hydrogen-bond acceptors (Lipinski definition) is 4. The number of nitrogens with one attached hydrogen (secondary N) is 2. The molecule has 2 aromatic rings. The summed E-state index contributed by atoms with van der Waals surface area (Å²) in [7, 11) is 1.63. The molecule has 16 heavy (non-hydrogen) atoms. The van der Waals surface area contributed by atoms with Gasteiger partial charge in [0.25, 0.3) is 0 Å². The van der Waals surface area contributed by atoms with Gasteiger partial charge in [0.1, 0.15) is 0 Å². The van der Waals surface area contributed by atoms with E-state index < -0.39 is 0 Å². The van der Waals surface area contributed by atoms with Gasteiger partial charge in [-0.2, -0.15) is 0 Å². The van der Waals surface area contributed by atoms with Crippen molar-refractivity contribution in [3.63, 3.8) is 0 Å². The predicted molar refractivity (Wildman–Crippen MR) is 63.4 cm³/mol. The standard InChI is InChI=1S/C10H14N4OS/c1-7(9(15)11-2)12-5-8-6-14-3-4-16-10(14)13-8/h3-4,6-7,12H,5H2,1-2H3,(H,11,15). The molecule has 0 aromatic carbocycles. The van der Waals surface area contributed by atoms with Crippen LogP contribution in [0.5, 0.6) is 0 Å². The van der Waals surface area contributed by atoms with Crippen molar-refractivity contribution in [1.82, 2.24) is 20.0 Å². The van der Waals surface area contributed by atoms with Gasteiger partial charge >= 0.3 is 0 Å². The summed E-state index contributed by atoms with van der Waals surface area (Å²) in [5.74, 6) is -0.0129. The summed E-state index contributed by atoms with van der Waals surface area (Å²) in [6.07, 6.45) is 3.94. The number of aromatic nitrogens is 2. The molecule has 6 heteroatoms. The van der Waals surface area contributed by atoms with Crippen LogP contribution in [0.3, 0.4) is 0 Å². The average molecular weight is 238 g/mol. The van der Waals surface area contributed by atoms with Crippen molar-refractivity contribution in [2.24, 2.45) is 0 Å². The van der Waals surface area contributed by atoms with Gasteiger partial charge in [0, 0.05) is 31.4 Å². The number of nitrogens with zero attached hydrogens (tertiary/aromatic N) is 2. The van der Waals surface area contributed by atoms with Crippen LogP contribution < -0.4 is 10.6 Å². The maximum atomic E-state index is 11.3. The Bertz CT molecular complexity index is 461. The summed E-state index contributed by atoms with van der Waals surface area (Å²) in [6, 6.07) is -0.204. The van der Waals surface area contributed by atoms with E-state index in [4.69, 9.17) is 0 Å². The molecule has 0 fully saturated rings. The zero-order valence-electron chi connectivity index (χ0n) is 9.23. The molecule has 2 rings (SSSR count). The molecule has 1 amide bonds. The Kier molecular flexibility index (Phi) is 3.21. The number of hydrogen-bond donors (Lipinski definition) is 2. The van der Waals surface area contributed by atoms with Crippen molar-refractivity contribution < 1.29 is 4.79 Å². The van der Waals surface area contributed by atoms with Gasteiger partial charge in [0.15, 0.2) is 4.96 Å². The first-order valence-electron chi connectivity index (χ1n) is 5.06. The number of carbonyl (C=O) groups is 1. The molecule has 5 nitrogen and oxygen atoms in total. The molecular weight excluding hydrogens is 224 g/mol. The van der Waals surface area contributed by atoms with Crippen molar-refractivity contribution >= 4 is 22.2 Å². The van der Waals surface area contributed by atoms with E-state index in [1.165, 1.54) is 0 Å². The third-order valence-corrected chi connectivity index (χ3v) is 3.14. The minimum atomic E-state index is -0.204. The Morgan fingerprint density at radius 3 is 3.19 bits per heavy atom.